The van der Waals surface area contributed by atoms with Gasteiger partial charge in [-0.15, -0.1) is 49.6 Å². The van der Waals surface area contributed by atoms with Gasteiger partial charge in [-0.1, -0.05) is 6.07 Å². The van der Waals surface area contributed by atoms with Crippen LogP contribution in [0.15, 0.2) is 24.4 Å². The van der Waals surface area contributed by atoms with Crippen LogP contribution < -0.4 is 5.73 Å². The first-order valence-electron chi connectivity index (χ1n) is 2.06. The fraction of sp³-hybridized carbons (Fsp3) is 0. The van der Waals surface area contributed by atoms with Gasteiger partial charge in [0.15, 0.2) is 0 Å². The van der Waals surface area contributed by atoms with Crippen LogP contribution in [-0.2, 0) is 0 Å². The molecule has 0 saturated carbocycles. The quantitative estimate of drug-likeness (QED) is 0.755. The van der Waals surface area contributed by atoms with Gasteiger partial charge >= 0.3 is 0 Å². The maximum absolute atomic E-state index is 5.25. The summed E-state index contributed by atoms with van der Waals surface area (Å²) in [4.78, 5) is 3.76. The third kappa shape index (κ3) is 10.1. The van der Waals surface area contributed by atoms with Gasteiger partial charge in [0.05, 0.1) is 0 Å². The molecule has 0 atom stereocenters. The second-order valence-electron chi connectivity index (χ2n) is 1.25. The number of nitrogen functional groups attached to an aromatic ring is 1. The molecule has 1 rings (SSSR count). The van der Waals surface area contributed by atoms with Gasteiger partial charge < -0.3 is 5.73 Å². The zero-order valence-corrected chi connectivity index (χ0v) is 8.73. The summed E-state index contributed by atoms with van der Waals surface area (Å²) in [6.45, 7) is 0. The van der Waals surface area contributed by atoms with Gasteiger partial charge in [-0.3, -0.25) is 0 Å². The molecule has 0 radical (unpaired) electrons. The number of hydrogen-bond donors (Lipinski definition) is 1. The molecular formula is C5H10Cl4N2. The van der Waals surface area contributed by atoms with E-state index in [1.54, 1.807) is 12.3 Å². The van der Waals surface area contributed by atoms with Gasteiger partial charge in [-0.25, -0.2) is 4.98 Å². The number of nitrogens with zero attached hydrogens (tertiary/aromatic N) is 1. The number of rotatable bonds is 0. The van der Waals surface area contributed by atoms with E-state index in [1.807, 2.05) is 12.1 Å². The van der Waals surface area contributed by atoms with Gasteiger partial charge in [0.1, 0.15) is 5.82 Å². The molecule has 1 aromatic rings. The summed E-state index contributed by atoms with van der Waals surface area (Å²) < 4.78 is 0. The number of anilines is 1. The number of aromatic nitrogens is 1. The number of nitrogens with two attached hydrogens (primary N) is 1. The Morgan fingerprint density at radius 3 is 1.73 bits per heavy atom. The lowest BCUT2D eigenvalue weighted by Gasteiger charge is -1.82. The Bertz CT molecular complexity index is 146. The van der Waals surface area contributed by atoms with E-state index in [0.717, 1.165) is 0 Å². The van der Waals surface area contributed by atoms with Crippen LogP contribution in [0.2, 0.25) is 0 Å². The molecule has 0 aliphatic rings. The molecule has 0 aliphatic heterocycles. The van der Waals surface area contributed by atoms with E-state index in [0.29, 0.717) is 5.82 Å². The summed E-state index contributed by atoms with van der Waals surface area (Å²) >= 11 is 0. The fourth-order valence-electron chi connectivity index (χ4n) is 0.376. The van der Waals surface area contributed by atoms with E-state index in [-0.39, 0.29) is 49.6 Å². The first kappa shape index (κ1) is 22.5. The lowest BCUT2D eigenvalue weighted by molar-refractivity contribution is 1.34. The molecule has 0 aliphatic carbocycles. The van der Waals surface area contributed by atoms with Crippen LogP contribution in [0.25, 0.3) is 0 Å². The Labute approximate surface area is 90.6 Å². The van der Waals surface area contributed by atoms with Crippen molar-refractivity contribution in [1.29, 1.82) is 0 Å². The minimum atomic E-state index is 0. The molecule has 6 heteroatoms. The van der Waals surface area contributed by atoms with Gasteiger partial charge in [0, 0.05) is 6.20 Å². The molecule has 68 valence electrons. The zero-order chi connectivity index (χ0) is 5.11. The molecule has 0 saturated heterocycles. The van der Waals surface area contributed by atoms with E-state index in [2.05, 4.69) is 4.98 Å². The summed E-state index contributed by atoms with van der Waals surface area (Å²) in [6.07, 6.45) is 1.66. The van der Waals surface area contributed by atoms with Crippen molar-refractivity contribution in [3.63, 3.8) is 0 Å². The Hall–Kier alpha value is 0.110. The van der Waals surface area contributed by atoms with Crippen LogP contribution in [0.5, 0.6) is 0 Å². The van der Waals surface area contributed by atoms with Crippen LogP contribution in [0.3, 0.4) is 0 Å². The van der Waals surface area contributed by atoms with Crippen molar-refractivity contribution in [2.24, 2.45) is 0 Å². The highest BCUT2D eigenvalue weighted by Gasteiger charge is 1.73. The molecule has 2 N–H and O–H groups in total. The molecule has 0 amide bonds. The average Bonchev–Trinajstić information content (AvgIpc) is 1.69. The van der Waals surface area contributed by atoms with Gasteiger partial charge in [-0.2, -0.15) is 0 Å². The monoisotopic (exact) mass is 238 g/mol. The standard InChI is InChI=1S/C5H6N2.4ClH/c6-5-3-1-2-4-7-5;;;;/h1-4H,(H2,6,7);4*1H. The van der Waals surface area contributed by atoms with Crippen LogP contribution in [0.1, 0.15) is 0 Å². The van der Waals surface area contributed by atoms with E-state index in [4.69, 9.17) is 5.73 Å². The van der Waals surface area contributed by atoms with Gasteiger partial charge in [0.25, 0.3) is 0 Å². The predicted octanol–water partition coefficient (Wildman–Crippen LogP) is 2.35. The Balaban J connectivity index is -0.0000000612. The van der Waals surface area contributed by atoms with E-state index in [9.17, 15) is 0 Å². The van der Waals surface area contributed by atoms with Crippen molar-refractivity contribution in [3.8, 4) is 0 Å². The third-order valence-electron chi connectivity index (χ3n) is 0.688. The maximum Gasteiger partial charge on any atom is 0.123 e. The van der Waals surface area contributed by atoms with Crippen molar-refractivity contribution in [3.05, 3.63) is 24.4 Å². The van der Waals surface area contributed by atoms with E-state index < -0.39 is 0 Å². The molecule has 1 aromatic heterocycles. The largest absolute Gasteiger partial charge is 0.384 e. The van der Waals surface area contributed by atoms with Crippen molar-refractivity contribution < 1.29 is 0 Å². The average molecular weight is 240 g/mol. The van der Waals surface area contributed by atoms with Crippen molar-refractivity contribution in [2.45, 2.75) is 0 Å². The van der Waals surface area contributed by atoms with E-state index >= 15 is 0 Å². The smallest absolute Gasteiger partial charge is 0.123 e. The molecule has 0 aromatic carbocycles. The highest BCUT2D eigenvalue weighted by molar-refractivity contribution is 5.86. The van der Waals surface area contributed by atoms with Crippen LogP contribution in [0, 0.1) is 0 Å². The summed E-state index contributed by atoms with van der Waals surface area (Å²) in [5.74, 6) is 0.572. The number of pyridine rings is 1. The first-order chi connectivity index (χ1) is 3.39. The van der Waals surface area contributed by atoms with Gasteiger partial charge in [-0.05, 0) is 12.1 Å². The minimum Gasteiger partial charge on any atom is -0.384 e. The second-order valence-corrected chi connectivity index (χ2v) is 1.25. The highest BCUT2D eigenvalue weighted by atomic mass is 35.5. The summed E-state index contributed by atoms with van der Waals surface area (Å²) in [7, 11) is 0. The normalized spacial score (nSPS) is 5.45. The summed E-state index contributed by atoms with van der Waals surface area (Å²) in [5.41, 5.74) is 5.25. The van der Waals surface area contributed by atoms with Crippen molar-refractivity contribution >= 4 is 55.4 Å². The van der Waals surface area contributed by atoms with Crippen LogP contribution in [-0.4, -0.2) is 4.98 Å². The SMILES string of the molecule is Cl.Cl.Cl.Cl.Nc1ccccn1. The molecule has 2 nitrogen and oxygen atoms in total. The lowest BCUT2D eigenvalue weighted by atomic mass is 10.5. The number of hydrogen-bond acceptors (Lipinski definition) is 2. The fourth-order valence-corrected chi connectivity index (χ4v) is 0.376. The Morgan fingerprint density at radius 1 is 1.00 bits per heavy atom. The minimum absolute atomic E-state index is 0. The molecule has 0 unspecified atom stereocenters. The summed E-state index contributed by atoms with van der Waals surface area (Å²) in [6, 6.07) is 5.43. The Morgan fingerprint density at radius 2 is 1.55 bits per heavy atom. The van der Waals surface area contributed by atoms with Crippen molar-refractivity contribution in [1.82, 2.24) is 4.98 Å². The molecule has 0 fully saturated rings. The molecule has 1 heterocycles. The molecule has 0 spiro atoms. The third-order valence-corrected chi connectivity index (χ3v) is 0.688. The first-order valence-corrected chi connectivity index (χ1v) is 2.06. The van der Waals surface area contributed by atoms with Gasteiger partial charge in [0.2, 0.25) is 0 Å². The van der Waals surface area contributed by atoms with E-state index in [1.165, 1.54) is 0 Å². The molecule has 11 heavy (non-hydrogen) atoms. The molecule has 0 bridgehead atoms. The predicted molar refractivity (Wildman–Crippen MR) is 57.6 cm³/mol. The number of halogens is 4. The topological polar surface area (TPSA) is 38.9 Å². The van der Waals surface area contributed by atoms with Crippen LogP contribution in [0.4, 0.5) is 5.82 Å². The molecular weight excluding hydrogens is 230 g/mol. The lowest BCUT2D eigenvalue weighted by Crippen LogP contribution is -1.85. The Kier molecular flexibility index (Phi) is 26.1. The maximum atomic E-state index is 5.25. The summed E-state index contributed by atoms with van der Waals surface area (Å²) in [5, 5.41) is 0. The van der Waals surface area contributed by atoms with Crippen molar-refractivity contribution in [2.75, 3.05) is 5.73 Å². The second kappa shape index (κ2) is 12.8. The highest BCUT2D eigenvalue weighted by Crippen LogP contribution is 1.89. The van der Waals surface area contributed by atoms with Crippen LogP contribution >= 0.6 is 49.6 Å². The zero-order valence-electron chi connectivity index (χ0n) is 5.47.